The molecule has 2 aliphatic rings. The summed E-state index contributed by atoms with van der Waals surface area (Å²) in [7, 11) is 0. The highest BCUT2D eigenvalue weighted by molar-refractivity contribution is 5.89. The molecule has 0 aromatic heterocycles. The molecule has 0 radical (unpaired) electrons. The molecule has 2 fully saturated rings. The summed E-state index contributed by atoms with van der Waals surface area (Å²) in [5, 5.41) is 8.59. The van der Waals surface area contributed by atoms with Crippen LogP contribution in [-0.4, -0.2) is 49.7 Å². The Labute approximate surface area is 100 Å². The van der Waals surface area contributed by atoms with Crippen LogP contribution in [0.25, 0.3) is 0 Å². The molecule has 1 aliphatic carbocycles. The molecule has 0 aromatic rings. The van der Waals surface area contributed by atoms with E-state index in [1.54, 1.807) is 6.92 Å². The van der Waals surface area contributed by atoms with Gasteiger partial charge in [-0.2, -0.15) is 0 Å². The van der Waals surface area contributed by atoms with E-state index in [0.29, 0.717) is 19.2 Å². The van der Waals surface area contributed by atoms with Crippen LogP contribution in [0.5, 0.6) is 0 Å². The summed E-state index contributed by atoms with van der Waals surface area (Å²) in [6, 6.07) is -0.192. The fraction of sp³-hybridized carbons (Fsp3) is 0.818. The Bertz CT molecular complexity index is 298. The molecule has 0 aromatic carbocycles. The average Bonchev–Trinajstić information content (AvgIpc) is 3.14. The summed E-state index contributed by atoms with van der Waals surface area (Å²) in [5.74, 6) is -0.347. The number of rotatable bonds is 4. The van der Waals surface area contributed by atoms with Crippen molar-refractivity contribution in [1.82, 2.24) is 16.0 Å². The minimum Gasteiger partial charge on any atom is -0.366 e. The second-order valence-corrected chi connectivity index (χ2v) is 4.58. The van der Waals surface area contributed by atoms with Gasteiger partial charge in [-0.15, -0.1) is 0 Å². The molecule has 1 saturated heterocycles. The van der Waals surface area contributed by atoms with Crippen molar-refractivity contribution in [3.63, 3.8) is 0 Å². The van der Waals surface area contributed by atoms with Crippen LogP contribution in [0.2, 0.25) is 0 Å². The largest absolute Gasteiger partial charge is 0.366 e. The van der Waals surface area contributed by atoms with Gasteiger partial charge in [0.1, 0.15) is 12.1 Å². The molecule has 2 unspecified atom stereocenters. The molecule has 2 atom stereocenters. The van der Waals surface area contributed by atoms with Crippen LogP contribution in [0, 0.1) is 0 Å². The fourth-order valence-corrected chi connectivity index (χ4v) is 1.66. The molecule has 6 heteroatoms. The topological polar surface area (TPSA) is 79.5 Å². The molecule has 17 heavy (non-hydrogen) atoms. The number of carbonyl (C=O) groups is 2. The Morgan fingerprint density at radius 3 is 2.76 bits per heavy atom. The molecular formula is C11H19N3O3. The Kier molecular flexibility index (Phi) is 3.96. The summed E-state index contributed by atoms with van der Waals surface area (Å²) in [4.78, 5) is 23.4. The Balaban J connectivity index is 1.73. The van der Waals surface area contributed by atoms with E-state index in [0.717, 1.165) is 19.4 Å². The fourth-order valence-electron chi connectivity index (χ4n) is 1.66. The molecular weight excluding hydrogens is 222 g/mol. The van der Waals surface area contributed by atoms with Crippen molar-refractivity contribution in [2.75, 3.05) is 19.7 Å². The van der Waals surface area contributed by atoms with Gasteiger partial charge in [0.2, 0.25) is 5.91 Å². The maximum atomic E-state index is 11.8. The van der Waals surface area contributed by atoms with E-state index >= 15 is 0 Å². The average molecular weight is 241 g/mol. The summed E-state index contributed by atoms with van der Waals surface area (Å²) >= 11 is 0. The van der Waals surface area contributed by atoms with Gasteiger partial charge < -0.3 is 20.7 Å². The summed E-state index contributed by atoms with van der Waals surface area (Å²) in [6.07, 6.45) is 1.60. The zero-order chi connectivity index (χ0) is 12.3. The lowest BCUT2D eigenvalue weighted by Crippen LogP contribution is -2.53. The van der Waals surface area contributed by atoms with Crippen LogP contribution in [0.3, 0.4) is 0 Å². The number of nitrogens with one attached hydrogen (secondary N) is 3. The number of carbonyl (C=O) groups excluding carboxylic acids is 2. The Morgan fingerprint density at radius 1 is 1.41 bits per heavy atom. The predicted octanol–water partition coefficient (Wildman–Crippen LogP) is -1.24. The lowest BCUT2D eigenvalue weighted by atomic mass is 10.2. The van der Waals surface area contributed by atoms with Crippen molar-refractivity contribution in [3.05, 3.63) is 0 Å². The molecule has 1 aliphatic heterocycles. The van der Waals surface area contributed by atoms with Gasteiger partial charge in [-0.05, 0) is 19.8 Å². The van der Waals surface area contributed by atoms with E-state index in [1.165, 1.54) is 0 Å². The lowest BCUT2D eigenvalue weighted by molar-refractivity contribution is -0.137. The van der Waals surface area contributed by atoms with E-state index < -0.39 is 12.1 Å². The number of hydrogen-bond acceptors (Lipinski definition) is 4. The van der Waals surface area contributed by atoms with Crippen molar-refractivity contribution in [1.29, 1.82) is 0 Å². The van der Waals surface area contributed by atoms with Crippen molar-refractivity contribution in [3.8, 4) is 0 Å². The van der Waals surface area contributed by atoms with E-state index in [2.05, 4.69) is 16.0 Å². The third-order valence-corrected chi connectivity index (χ3v) is 2.90. The maximum absolute atomic E-state index is 11.8. The number of hydrogen-bond donors (Lipinski definition) is 3. The summed E-state index contributed by atoms with van der Waals surface area (Å²) < 4.78 is 5.31. The third-order valence-electron chi connectivity index (χ3n) is 2.90. The first kappa shape index (κ1) is 12.3. The van der Waals surface area contributed by atoms with E-state index in [9.17, 15) is 9.59 Å². The van der Waals surface area contributed by atoms with Crippen molar-refractivity contribution in [2.45, 2.75) is 38.0 Å². The number of morpholine rings is 1. The standard InChI is InChI=1S/C11H19N3O3/c1-7(10(15)14-8-2-3-8)13-11(16)9-6-12-4-5-17-9/h7-9,12H,2-6H2,1H3,(H,13,16)(H,14,15). The van der Waals surface area contributed by atoms with Crippen molar-refractivity contribution < 1.29 is 14.3 Å². The monoisotopic (exact) mass is 241 g/mol. The molecule has 1 heterocycles. The van der Waals surface area contributed by atoms with Crippen LogP contribution in [0.4, 0.5) is 0 Å². The molecule has 0 bridgehead atoms. The van der Waals surface area contributed by atoms with Gasteiger partial charge in [-0.3, -0.25) is 9.59 Å². The highest BCUT2D eigenvalue weighted by Crippen LogP contribution is 2.18. The van der Waals surface area contributed by atoms with Gasteiger partial charge in [0.05, 0.1) is 6.61 Å². The van der Waals surface area contributed by atoms with Crippen LogP contribution in [-0.2, 0) is 14.3 Å². The first-order valence-corrected chi connectivity index (χ1v) is 6.10. The second-order valence-electron chi connectivity index (χ2n) is 4.58. The van der Waals surface area contributed by atoms with Crippen molar-refractivity contribution in [2.24, 2.45) is 0 Å². The molecule has 3 N–H and O–H groups in total. The van der Waals surface area contributed by atoms with Crippen LogP contribution >= 0.6 is 0 Å². The number of amides is 2. The van der Waals surface area contributed by atoms with Gasteiger partial charge in [-0.1, -0.05) is 0 Å². The van der Waals surface area contributed by atoms with Crippen LogP contribution in [0.1, 0.15) is 19.8 Å². The van der Waals surface area contributed by atoms with E-state index in [-0.39, 0.29) is 11.8 Å². The molecule has 2 amide bonds. The molecule has 0 spiro atoms. The summed E-state index contributed by atoms with van der Waals surface area (Å²) in [5.41, 5.74) is 0. The van der Waals surface area contributed by atoms with Gasteiger partial charge in [0, 0.05) is 19.1 Å². The zero-order valence-corrected chi connectivity index (χ0v) is 9.99. The summed E-state index contributed by atoms with van der Waals surface area (Å²) in [6.45, 7) is 3.48. The highest BCUT2D eigenvalue weighted by Gasteiger charge is 2.28. The molecule has 6 nitrogen and oxygen atoms in total. The maximum Gasteiger partial charge on any atom is 0.251 e. The van der Waals surface area contributed by atoms with Crippen LogP contribution in [0.15, 0.2) is 0 Å². The van der Waals surface area contributed by atoms with E-state index in [4.69, 9.17) is 4.74 Å². The minimum absolute atomic E-state index is 0.121. The predicted molar refractivity (Wildman–Crippen MR) is 61.4 cm³/mol. The van der Waals surface area contributed by atoms with E-state index in [1.807, 2.05) is 0 Å². The quantitative estimate of drug-likeness (QED) is 0.575. The number of ether oxygens (including phenoxy) is 1. The lowest BCUT2D eigenvalue weighted by Gasteiger charge is -2.24. The SMILES string of the molecule is CC(NC(=O)C1CNCCO1)C(=O)NC1CC1. The first-order valence-electron chi connectivity index (χ1n) is 6.10. The Morgan fingerprint density at radius 2 is 2.18 bits per heavy atom. The molecule has 96 valence electrons. The second kappa shape index (κ2) is 5.46. The van der Waals surface area contributed by atoms with Gasteiger partial charge in [-0.25, -0.2) is 0 Å². The minimum atomic E-state index is -0.506. The zero-order valence-electron chi connectivity index (χ0n) is 9.99. The molecule has 1 saturated carbocycles. The van der Waals surface area contributed by atoms with Gasteiger partial charge in [0.15, 0.2) is 0 Å². The normalized spacial score (nSPS) is 26.1. The van der Waals surface area contributed by atoms with Crippen LogP contribution < -0.4 is 16.0 Å². The smallest absolute Gasteiger partial charge is 0.251 e. The van der Waals surface area contributed by atoms with Gasteiger partial charge >= 0.3 is 0 Å². The first-order chi connectivity index (χ1) is 8.16. The third kappa shape index (κ3) is 3.67. The Hall–Kier alpha value is -1.14. The molecule has 2 rings (SSSR count). The van der Waals surface area contributed by atoms with Gasteiger partial charge in [0.25, 0.3) is 5.91 Å². The van der Waals surface area contributed by atoms with Crippen molar-refractivity contribution >= 4 is 11.8 Å². The highest BCUT2D eigenvalue weighted by atomic mass is 16.5.